The van der Waals surface area contributed by atoms with E-state index in [4.69, 9.17) is 14.9 Å². The summed E-state index contributed by atoms with van der Waals surface area (Å²) in [6.45, 7) is 7.34. The number of aromatic carboxylic acids is 1. The van der Waals surface area contributed by atoms with Crippen LogP contribution in [0.1, 0.15) is 86.9 Å². The Balaban J connectivity index is 0.00000105. The minimum atomic E-state index is -1.23. The second kappa shape index (κ2) is 12.9. The topological polar surface area (TPSA) is 121 Å². The van der Waals surface area contributed by atoms with Crippen LogP contribution in [0.2, 0.25) is 0 Å². The largest absolute Gasteiger partial charge is 0.479 e. The van der Waals surface area contributed by atoms with E-state index in [0.29, 0.717) is 0 Å². The summed E-state index contributed by atoms with van der Waals surface area (Å²) in [6.07, 6.45) is 4.26. The fourth-order valence-electron chi connectivity index (χ4n) is 2.60. The highest BCUT2D eigenvalue weighted by atomic mass is 16.6. The summed E-state index contributed by atoms with van der Waals surface area (Å²) in [4.78, 5) is 33.1. The van der Waals surface area contributed by atoms with Gasteiger partial charge in [0.15, 0.2) is 0 Å². The predicted octanol–water partition coefficient (Wildman–Crippen LogP) is 4.13. The Hall–Kier alpha value is -2.41. The Labute approximate surface area is 166 Å². The first-order chi connectivity index (χ1) is 13.1. The molecule has 0 aliphatic rings. The van der Waals surface area contributed by atoms with Crippen LogP contribution in [0.4, 0.5) is 0 Å². The first kappa shape index (κ1) is 25.6. The van der Waals surface area contributed by atoms with Gasteiger partial charge in [0.1, 0.15) is 11.7 Å². The molecule has 0 aliphatic carbocycles. The molecule has 0 saturated carbocycles. The zero-order valence-electron chi connectivity index (χ0n) is 17.1. The lowest BCUT2D eigenvalue weighted by atomic mass is 9.90. The van der Waals surface area contributed by atoms with Gasteiger partial charge in [-0.15, -0.1) is 0 Å². The molecular weight excluding hydrogens is 364 g/mol. The van der Waals surface area contributed by atoms with E-state index in [-0.39, 0.29) is 11.1 Å². The number of aliphatic hydroxyl groups is 1. The molecule has 158 valence electrons. The van der Waals surface area contributed by atoms with Crippen LogP contribution in [0.5, 0.6) is 0 Å². The minimum Gasteiger partial charge on any atom is -0.479 e. The second-order valence-corrected chi connectivity index (χ2v) is 6.60. The highest BCUT2D eigenvalue weighted by molar-refractivity contribution is 6.02. The van der Waals surface area contributed by atoms with Crippen LogP contribution in [0.25, 0.3) is 0 Å². The Bertz CT molecular complexity index is 633. The third-order valence-corrected chi connectivity index (χ3v) is 4.57. The zero-order valence-corrected chi connectivity index (χ0v) is 17.1. The lowest BCUT2D eigenvalue weighted by Crippen LogP contribution is -2.34. The van der Waals surface area contributed by atoms with Crippen LogP contribution >= 0.6 is 0 Å². The third-order valence-electron chi connectivity index (χ3n) is 4.57. The van der Waals surface area contributed by atoms with Gasteiger partial charge in [-0.1, -0.05) is 45.7 Å². The Morgan fingerprint density at radius 3 is 1.89 bits per heavy atom. The number of carbonyl (C=O) groups excluding carboxylic acids is 1. The van der Waals surface area contributed by atoms with Crippen LogP contribution in [0.15, 0.2) is 24.3 Å². The molecule has 0 spiro atoms. The van der Waals surface area contributed by atoms with Gasteiger partial charge in [-0.05, 0) is 44.7 Å². The van der Waals surface area contributed by atoms with Gasteiger partial charge in [0.2, 0.25) is 0 Å². The van der Waals surface area contributed by atoms with E-state index >= 15 is 0 Å². The monoisotopic (exact) mass is 396 g/mol. The van der Waals surface area contributed by atoms with Gasteiger partial charge in [-0.3, -0.25) is 0 Å². The standard InChI is InChI=1S/C18H26O4.C3H6O3/c1-4-7-10-13-18(5-2,6-3)22-17(21)15-12-9-8-11-14(15)16(19)20;1-2(4)3(5)6/h8-9,11-12H,4-7,10,13H2,1-3H3,(H,19,20);2,4H,1H3,(H,5,6). The molecule has 1 aromatic carbocycles. The first-order valence-corrected chi connectivity index (χ1v) is 9.60. The van der Waals surface area contributed by atoms with Crippen molar-refractivity contribution in [2.45, 2.75) is 77.9 Å². The van der Waals surface area contributed by atoms with E-state index < -0.39 is 29.6 Å². The van der Waals surface area contributed by atoms with Crippen molar-refractivity contribution >= 4 is 17.9 Å². The number of aliphatic carboxylic acids is 1. The van der Waals surface area contributed by atoms with Gasteiger partial charge in [0.05, 0.1) is 11.1 Å². The van der Waals surface area contributed by atoms with Gasteiger partial charge in [-0.2, -0.15) is 0 Å². The molecule has 0 fully saturated rings. The number of esters is 1. The number of carboxylic acids is 2. The number of ether oxygens (including phenoxy) is 1. The molecule has 0 bridgehead atoms. The van der Waals surface area contributed by atoms with Gasteiger partial charge in [-0.25, -0.2) is 14.4 Å². The van der Waals surface area contributed by atoms with E-state index in [1.165, 1.54) is 19.1 Å². The van der Waals surface area contributed by atoms with Crippen LogP contribution in [0.3, 0.4) is 0 Å². The maximum absolute atomic E-state index is 12.5. The van der Waals surface area contributed by atoms with Gasteiger partial charge in [0.25, 0.3) is 0 Å². The highest BCUT2D eigenvalue weighted by Gasteiger charge is 2.31. The summed E-state index contributed by atoms with van der Waals surface area (Å²) in [6, 6.07) is 6.19. The number of aliphatic hydroxyl groups excluding tert-OH is 1. The van der Waals surface area contributed by atoms with Gasteiger partial charge in [0, 0.05) is 0 Å². The number of unbranched alkanes of at least 4 members (excludes halogenated alkanes) is 2. The summed E-state index contributed by atoms with van der Waals surface area (Å²) < 4.78 is 5.76. The molecule has 1 unspecified atom stereocenters. The maximum atomic E-state index is 12.5. The molecular formula is C21H32O7. The Kier molecular flexibility index (Phi) is 11.8. The van der Waals surface area contributed by atoms with Crippen LogP contribution < -0.4 is 0 Å². The van der Waals surface area contributed by atoms with Gasteiger partial charge < -0.3 is 20.1 Å². The molecule has 0 aromatic heterocycles. The maximum Gasteiger partial charge on any atom is 0.339 e. The molecule has 0 aliphatic heterocycles. The number of rotatable bonds is 10. The van der Waals surface area contributed by atoms with Crippen molar-refractivity contribution in [1.82, 2.24) is 0 Å². The Morgan fingerprint density at radius 1 is 1.00 bits per heavy atom. The number of hydrogen-bond acceptors (Lipinski definition) is 5. The van der Waals surface area contributed by atoms with Crippen molar-refractivity contribution in [1.29, 1.82) is 0 Å². The molecule has 1 aromatic rings. The van der Waals surface area contributed by atoms with Crippen LogP contribution in [0, 0.1) is 0 Å². The number of hydrogen-bond donors (Lipinski definition) is 3. The molecule has 7 nitrogen and oxygen atoms in total. The van der Waals surface area contributed by atoms with Crippen molar-refractivity contribution in [2.75, 3.05) is 0 Å². The fraction of sp³-hybridized carbons (Fsp3) is 0.571. The molecule has 7 heteroatoms. The molecule has 0 radical (unpaired) electrons. The van der Waals surface area contributed by atoms with Crippen molar-refractivity contribution in [3.8, 4) is 0 Å². The van der Waals surface area contributed by atoms with Crippen molar-refractivity contribution in [2.24, 2.45) is 0 Å². The summed E-state index contributed by atoms with van der Waals surface area (Å²) >= 11 is 0. The van der Waals surface area contributed by atoms with Crippen LogP contribution in [-0.4, -0.2) is 44.9 Å². The highest BCUT2D eigenvalue weighted by Crippen LogP contribution is 2.29. The second-order valence-electron chi connectivity index (χ2n) is 6.60. The normalized spacial score (nSPS) is 11.8. The van der Waals surface area contributed by atoms with Crippen molar-refractivity contribution in [3.63, 3.8) is 0 Å². The fourth-order valence-corrected chi connectivity index (χ4v) is 2.60. The number of benzene rings is 1. The van der Waals surface area contributed by atoms with E-state index in [1.807, 2.05) is 13.8 Å². The van der Waals surface area contributed by atoms with Crippen molar-refractivity contribution < 1.29 is 34.4 Å². The predicted molar refractivity (Wildman–Crippen MR) is 106 cm³/mol. The smallest absolute Gasteiger partial charge is 0.339 e. The lowest BCUT2D eigenvalue weighted by Gasteiger charge is -2.32. The summed E-state index contributed by atoms with van der Waals surface area (Å²) in [5.74, 6) is -2.84. The summed E-state index contributed by atoms with van der Waals surface area (Å²) in [5.41, 5.74) is -0.392. The first-order valence-electron chi connectivity index (χ1n) is 9.60. The summed E-state index contributed by atoms with van der Waals surface area (Å²) in [5, 5.41) is 25.0. The molecule has 0 heterocycles. The average Bonchev–Trinajstić information content (AvgIpc) is 2.67. The number of carbonyl (C=O) groups is 3. The lowest BCUT2D eigenvalue weighted by molar-refractivity contribution is -0.145. The molecule has 0 amide bonds. The Morgan fingerprint density at radius 2 is 1.50 bits per heavy atom. The van der Waals surface area contributed by atoms with E-state index in [0.717, 1.165) is 38.5 Å². The van der Waals surface area contributed by atoms with Crippen LogP contribution in [-0.2, 0) is 9.53 Å². The van der Waals surface area contributed by atoms with E-state index in [1.54, 1.807) is 12.1 Å². The van der Waals surface area contributed by atoms with E-state index in [9.17, 15) is 19.5 Å². The molecule has 0 saturated heterocycles. The zero-order chi connectivity index (χ0) is 21.7. The quantitative estimate of drug-likeness (QED) is 0.401. The minimum absolute atomic E-state index is 0.0119. The summed E-state index contributed by atoms with van der Waals surface area (Å²) in [7, 11) is 0. The SMILES string of the molecule is CC(O)C(=O)O.CCCCCC(CC)(CC)OC(=O)c1ccccc1C(=O)O. The number of carboxylic acid groups (broad SMARTS) is 2. The molecule has 1 atom stereocenters. The van der Waals surface area contributed by atoms with Gasteiger partial charge >= 0.3 is 17.9 Å². The third kappa shape index (κ3) is 8.52. The molecule has 3 N–H and O–H groups in total. The van der Waals surface area contributed by atoms with Crippen molar-refractivity contribution in [3.05, 3.63) is 35.4 Å². The average molecular weight is 396 g/mol. The molecule has 1 rings (SSSR count). The molecule has 28 heavy (non-hydrogen) atoms. The van der Waals surface area contributed by atoms with E-state index in [2.05, 4.69) is 6.92 Å².